The number of nitrogens with zero attached hydrogens (tertiary/aromatic N) is 2. The summed E-state index contributed by atoms with van der Waals surface area (Å²) >= 11 is 3.30. The predicted octanol–water partition coefficient (Wildman–Crippen LogP) is 3.26. The van der Waals surface area contributed by atoms with Crippen LogP contribution in [0.2, 0.25) is 0 Å². The van der Waals surface area contributed by atoms with Crippen LogP contribution >= 0.6 is 15.9 Å². The van der Waals surface area contributed by atoms with Gasteiger partial charge in [-0.2, -0.15) is 0 Å². The van der Waals surface area contributed by atoms with Gasteiger partial charge in [-0.25, -0.2) is 4.39 Å². The Balaban J connectivity index is 2.02. The molecule has 1 aromatic rings. The lowest BCUT2D eigenvalue weighted by atomic mass is 9.97. The van der Waals surface area contributed by atoms with E-state index in [0.717, 1.165) is 41.8 Å². The van der Waals surface area contributed by atoms with E-state index in [9.17, 15) is 4.39 Å². The van der Waals surface area contributed by atoms with Crippen molar-refractivity contribution in [3.8, 4) is 0 Å². The van der Waals surface area contributed by atoms with Gasteiger partial charge in [0, 0.05) is 36.4 Å². The third kappa shape index (κ3) is 3.29. The van der Waals surface area contributed by atoms with Gasteiger partial charge in [0.1, 0.15) is 5.82 Å². The summed E-state index contributed by atoms with van der Waals surface area (Å²) < 4.78 is 14.0. The van der Waals surface area contributed by atoms with Gasteiger partial charge in [0.2, 0.25) is 0 Å². The van der Waals surface area contributed by atoms with Gasteiger partial charge in [0.25, 0.3) is 0 Å². The molecule has 1 aromatic carbocycles. The van der Waals surface area contributed by atoms with Gasteiger partial charge in [0.05, 0.1) is 5.71 Å². The molecule has 0 aromatic heterocycles. The van der Waals surface area contributed by atoms with Crippen molar-refractivity contribution in [3.05, 3.63) is 34.1 Å². The molecule has 0 spiro atoms. The van der Waals surface area contributed by atoms with E-state index in [0.29, 0.717) is 0 Å². The molecule has 0 aliphatic carbocycles. The summed E-state index contributed by atoms with van der Waals surface area (Å²) in [7, 11) is 0. The molecule has 1 unspecified atom stereocenters. The molecule has 1 fully saturated rings. The lowest BCUT2D eigenvalue weighted by Crippen LogP contribution is -2.39. The van der Waals surface area contributed by atoms with Crippen molar-refractivity contribution in [1.29, 1.82) is 0 Å². The van der Waals surface area contributed by atoms with E-state index in [4.69, 9.17) is 5.21 Å². The van der Waals surface area contributed by atoms with Crippen molar-refractivity contribution in [1.82, 2.24) is 4.90 Å². The van der Waals surface area contributed by atoms with Crippen LogP contribution in [0.15, 0.2) is 27.8 Å². The Labute approximate surface area is 114 Å². The third-order valence-electron chi connectivity index (χ3n) is 3.24. The highest BCUT2D eigenvalue weighted by Gasteiger charge is 2.22. The highest BCUT2D eigenvalue weighted by atomic mass is 79.9. The number of rotatable bonds is 2. The molecule has 1 N–H and O–H groups in total. The molecule has 1 saturated heterocycles. The summed E-state index contributed by atoms with van der Waals surface area (Å²) in [5, 5.41) is 12.1. The standard InChI is InChI=1S/C13H16BrFN2O/c1-9-7-17(3-2-13(9)16-18)8-10-4-11(14)6-12(15)5-10/h4-6,9,18H,2-3,7-8H2,1H3/b16-13+. The molecule has 98 valence electrons. The normalized spacial score (nSPS) is 23.5. The molecule has 1 heterocycles. The average Bonchev–Trinajstić information content (AvgIpc) is 2.27. The topological polar surface area (TPSA) is 35.8 Å². The first-order valence-electron chi connectivity index (χ1n) is 5.96. The number of piperidine rings is 1. The smallest absolute Gasteiger partial charge is 0.124 e. The maximum Gasteiger partial charge on any atom is 0.124 e. The first-order chi connectivity index (χ1) is 8.58. The third-order valence-corrected chi connectivity index (χ3v) is 3.70. The molecule has 0 saturated carbocycles. The van der Waals surface area contributed by atoms with Crippen LogP contribution in [-0.4, -0.2) is 28.9 Å². The summed E-state index contributed by atoms with van der Waals surface area (Å²) in [5.74, 6) is 0.0304. The van der Waals surface area contributed by atoms with E-state index in [1.54, 1.807) is 6.07 Å². The number of benzene rings is 1. The fourth-order valence-electron chi connectivity index (χ4n) is 2.36. The Morgan fingerprint density at radius 2 is 2.28 bits per heavy atom. The van der Waals surface area contributed by atoms with Crippen molar-refractivity contribution in [2.24, 2.45) is 11.1 Å². The molecule has 1 atom stereocenters. The Hall–Kier alpha value is -0.940. The highest BCUT2D eigenvalue weighted by Crippen LogP contribution is 2.19. The van der Waals surface area contributed by atoms with Gasteiger partial charge in [-0.15, -0.1) is 0 Å². The number of halogens is 2. The second-order valence-electron chi connectivity index (χ2n) is 4.76. The van der Waals surface area contributed by atoms with Crippen LogP contribution in [0.25, 0.3) is 0 Å². The van der Waals surface area contributed by atoms with Crippen LogP contribution in [0, 0.1) is 11.7 Å². The average molecular weight is 315 g/mol. The lowest BCUT2D eigenvalue weighted by molar-refractivity contribution is 0.228. The van der Waals surface area contributed by atoms with Crippen LogP contribution in [0.4, 0.5) is 4.39 Å². The van der Waals surface area contributed by atoms with Crippen molar-refractivity contribution in [2.45, 2.75) is 19.9 Å². The van der Waals surface area contributed by atoms with Crippen LogP contribution in [-0.2, 0) is 6.54 Å². The molecule has 1 aliphatic rings. The van der Waals surface area contributed by atoms with E-state index in [-0.39, 0.29) is 11.7 Å². The molecular formula is C13H16BrFN2O. The first-order valence-corrected chi connectivity index (χ1v) is 6.76. The molecular weight excluding hydrogens is 299 g/mol. The largest absolute Gasteiger partial charge is 0.411 e. The molecule has 0 bridgehead atoms. The quantitative estimate of drug-likeness (QED) is 0.672. The van der Waals surface area contributed by atoms with Gasteiger partial charge in [-0.05, 0) is 23.8 Å². The number of hydrogen-bond donors (Lipinski definition) is 1. The van der Waals surface area contributed by atoms with Crippen molar-refractivity contribution in [3.63, 3.8) is 0 Å². The Morgan fingerprint density at radius 3 is 2.89 bits per heavy atom. The maximum absolute atomic E-state index is 13.3. The minimum atomic E-state index is -0.220. The summed E-state index contributed by atoms with van der Waals surface area (Å²) in [6, 6.07) is 4.95. The number of oxime groups is 1. The van der Waals surface area contributed by atoms with Crippen LogP contribution in [0.1, 0.15) is 18.9 Å². The predicted molar refractivity (Wildman–Crippen MR) is 72.4 cm³/mol. The fourth-order valence-corrected chi connectivity index (χ4v) is 2.87. The highest BCUT2D eigenvalue weighted by molar-refractivity contribution is 9.10. The second kappa shape index (κ2) is 5.80. The zero-order valence-electron chi connectivity index (χ0n) is 10.2. The lowest BCUT2D eigenvalue weighted by Gasteiger charge is -2.31. The summed E-state index contributed by atoms with van der Waals surface area (Å²) in [4.78, 5) is 2.25. The fraction of sp³-hybridized carbons (Fsp3) is 0.462. The summed E-state index contributed by atoms with van der Waals surface area (Å²) in [6.07, 6.45) is 0.772. The van der Waals surface area contributed by atoms with E-state index < -0.39 is 0 Å². The first kappa shape index (κ1) is 13.5. The van der Waals surface area contributed by atoms with Crippen LogP contribution < -0.4 is 0 Å². The molecule has 0 amide bonds. The minimum Gasteiger partial charge on any atom is -0.411 e. The second-order valence-corrected chi connectivity index (χ2v) is 5.67. The van der Waals surface area contributed by atoms with Gasteiger partial charge in [0.15, 0.2) is 0 Å². The van der Waals surface area contributed by atoms with Crippen molar-refractivity contribution < 1.29 is 9.60 Å². The Kier molecular flexibility index (Phi) is 4.35. The van der Waals surface area contributed by atoms with Crippen molar-refractivity contribution >= 4 is 21.6 Å². The van der Waals surface area contributed by atoms with E-state index >= 15 is 0 Å². The molecule has 0 radical (unpaired) electrons. The van der Waals surface area contributed by atoms with Gasteiger partial charge < -0.3 is 5.21 Å². The molecule has 3 nitrogen and oxygen atoms in total. The van der Waals surface area contributed by atoms with Gasteiger partial charge >= 0.3 is 0 Å². The van der Waals surface area contributed by atoms with E-state index in [2.05, 4.69) is 26.0 Å². The SMILES string of the molecule is CC1CN(Cc2cc(F)cc(Br)c2)CC/C1=N\O. The van der Waals surface area contributed by atoms with Crippen LogP contribution in [0.3, 0.4) is 0 Å². The Morgan fingerprint density at radius 1 is 1.50 bits per heavy atom. The summed E-state index contributed by atoms with van der Waals surface area (Å²) in [6.45, 7) is 4.45. The zero-order chi connectivity index (χ0) is 13.1. The van der Waals surface area contributed by atoms with Gasteiger partial charge in [-0.1, -0.05) is 28.0 Å². The van der Waals surface area contributed by atoms with Crippen LogP contribution in [0.5, 0.6) is 0 Å². The summed E-state index contributed by atoms with van der Waals surface area (Å²) in [5.41, 5.74) is 1.81. The monoisotopic (exact) mass is 314 g/mol. The zero-order valence-corrected chi connectivity index (χ0v) is 11.8. The molecule has 5 heteroatoms. The van der Waals surface area contributed by atoms with E-state index in [1.807, 2.05) is 13.0 Å². The molecule has 1 aliphatic heterocycles. The van der Waals surface area contributed by atoms with Crippen molar-refractivity contribution in [2.75, 3.05) is 13.1 Å². The maximum atomic E-state index is 13.3. The number of hydrogen-bond acceptors (Lipinski definition) is 3. The number of likely N-dealkylation sites (tertiary alicyclic amines) is 1. The minimum absolute atomic E-state index is 0.220. The van der Waals surface area contributed by atoms with E-state index in [1.165, 1.54) is 6.07 Å². The van der Waals surface area contributed by atoms with Gasteiger partial charge in [-0.3, -0.25) is 4.90 Å². The Bertz CT molecular complexity index is 444. The molecule has 18 heavy (non-hydrogen) atoms. The molecule has 2 rings (SSSR count).